The van der Waals surface area contributed by atoms with E-state index in [0.29, 0.717) is 6.54 Å². The molecule has 22 heavy (non-hydrogen) atoms. The SMILES string of the molecule is COc1ccc(-c2nccn2Cc2ccc(CN)cc2)cc1. The lowest BCUT2D eigenvalue weighted by Crippen LogP contribution is -2.02. The van der Waals surface area contributed by atoms with Crippen LogP contribution in [-0.2, 0) is 13.1 Å². The quantitative estimate of drug-likeness (QED) is 0.786. The van der Waals surface area contributed by atoms with E-state index < -0.39 is 0 Å². The van der Waals surface area contributed by atoms with Crippen molar-refractivity contribution in [2.45, 2.75) is 13.1 Å². The van der Waals surface area contributed by atoms with Crippen molar-refractivity contribution in [3.63, 3.8) is 0 Å². The molecule has 0 aliphatic rings. The number of aromatic nitrogens is 2. The van der Waals surface area contributed by atoms with Crippen molar-refractivity contribution >= 4 is 0 Å². The lowest BCUT2D eigenvalue weighted by Gasteiger charge is -2.09. The fourth-order valence-electron chi connectivity index (χ4n) is 2.41. The molecule has 2 aromatic carbocycles. The zero-order chi connectivity index (χ0) is 15.4. The van der Waals surface area contributed by atoms with Crippen molar-refractivity contribution in [3.8, 4) is 17.1 Å². The Balaban J connectivity index is 1.84. The molecule has 0 radical (unpaired) electrons. The Bertz CT molecular complexity index is 730. The van der Waals surface area contributed by atoms with Crippen LogP contribution in [-0.4, -0.2) is 16.7 Å². The molecule has 1 aromatic heterocycles. The number of hydrogen-bond acceptors (Lipinski definition) is 3. The third-order valence-corrected chi connectivity index (χ3v) is 3.68. The van der Waals surface area contributed by atoms with Crippen LogP contribution in [0.5, 0.6) is 5.75 Å². The minimum atomic E-state index is 0.572. The summed E-state index contributed by atoms with van der Waals surface area (Å²) in [5, 5.41) is 0. The first-order chi connectivity index (χ1) is 10.8. The van der Waals surface area contributed by atoms with Gasteiger partial charge in [0.2, 0.25) is 0 Å². The van der Waals surface area contributed by atoms with E-state index in [0.717, 1.165) is 29.2 Å². The van der Waals surface area contributed by atoms with Gasteiger partial charge in [-0.15, -0.1) is 0 Å². The molecule has 0 fully saturated rings. The first kappa shape index (κ1) is 14.4. The van der Waals surface area contributed by atoms with Crippen LogP contribution in [0.4, 0.5) is 0 Å². The lowest BCUT2D eigenvalue weighted by molar-refractivity contribution is 0.415. The molecular formula is C18H19N3O. The normalized spacial score (nSPS) is 10.6. The Kier molecular flexibility index (Phi) is 4.21. The lowest BCUT2D eigenvalue weighted by atomic mass is 10.1. The molecule has 0 saturated heterocycles. The molecule has 0 saturated carbocycles. The van der Waals surface area contributed by atoms with Crippen LogP contribution in [0.2, 0.25) is 0 Å². The molecule has 3 aromatic rings. The maximum atomic E-state index is 5.63. The van der Waals surface area contributed by atoms with Crippen molar-refractivity contribution in [2.24, 2.45) is 5.73 Å². The molecule has 1 heterocycles. The monoisotopic (exact) mass is 293 g/mol. The first-order valence-corrected chi connectivity index (χ1v) is 7.23. The van der Waals surface area contributed by atoms with Crippen molar-refractivity contribution in [1.82, 2.24) is 9.55 Å². The topological polar surface area (TPSA) is 53.1 Å². The maximum absolute atomic E-state index is 5.63. The van der Waals surface area contributed by atoms with Crippen LogP contribution in [0.1, 0.15) is 11.1 Å². The Morgan fingerprint density at radius 2 is 1.68 bits per heavy atom. The number of nitrogens with two attached hydrogens (primary N) is 1. The fourth-order valence-corrected chi connectivity index (χ4v) is 2.41. The van der Waals surface area contributed by atoms with Gasteiger partial charge in [-0.25, -0.2) is 4.98 Å². The number of benzene rings is 2. The highest BCUT2D eigenvalue weighted by atomic mass is 16.5. The van der Waals surface area contributed by atoms with Gasteiger partial charge < -0.3 is 15.0 Å². The predicted molar refractivity (Wildman–Crippen MR) is 87.7 cm³/mol. The van der Waals surface area contributed by atoms with Gasteiger partial charge in [-0.2, -0.15) is 0 Å². The number of hydrogen-bond donors (Lipinski definition) is 1. The molecular weight excluding hydrogens is 274 g/mol. The number of nitrogens with zero attached hydrogens (tertiary/aromatic N) is 2. The third-order valence-electron chi connectivity index (χ3n) is 3.68. The highest BCUT2D eigenvalue weighted by Gasteiger charge is 2.06. The number of rotatable bonds is 5. The summed E-state index contributed by atoms with van der Waals surface area (Å²) >= 11 is 0. The van der Waals surface area contributed by atoms with Crippen LogP contribution in [0, 0.1) is 0 Å². The average molecular weight is 293 g/mol. The second-order valence-corrected chi connectivity index (χ2v) is 5.13. The Labute approximate surface area is 130 Å². The van der Waals surface area contributed by atoms with E-state index in [1.165, 1.54) is 5.56 Å². The van der Waals surface area contributed by atoms with E-state index in [-0.39, 0.29) is 0 Å². The molecule has 0 spiro atoms. The molecule has 0 aliphatic heterocycles. The smallest absolute Gasteiger partial charge is 0.140 e. The van der Waals surface area contributed by atoms with Gasteiger partial charge in [0.25, 0.3) is 0 Å². The van der Waals surface area contributed by atoms with E-state index in [1.807, 2.05) is 36.7 Å². The molecule has 0 aliphatic carbocycles. The van der Waals surface area contributed by atoms with Gasteiger partial charge in [-0.05, 0) is 35.4 Å². The summed E-state index contributed by atoms with van der Waals surface area (Å²) in [5.41, 5.74) is 9.08. The minimum absolute atomic E-state index is 0.572. The number of imidazole rings is 1. The highest BCUT2D eigenvalue weighted by molar-refractivity contribution is 5.57. The summed E-state index contributed by atoms with van der Waals surface area (Å²) in [5.74, 6) is 1.80. The largest absolute Gasteiger partial charge is 0.497 e. The fraction of sp³-hybridized carbons (Fsp3) is 0.167. The molecule has 4 nitrogen and oxygen atoms in total. The molecule has 0 atom stereocenters. The van der Waals surface area contributed by atoms with Gasteiger partial charge in [0.05, 0.1) is 7.11 Å². The zero-order valence-corrected chi connectivity index (χ0v) is 12.6. The molecule has 4 heteroatoms. The summed E-state index contributed by atoms with van der Waals surface area (Å²) in [6.07, 6.45) is 3.82. The minimum Gasteiger partial charge on any atom is -0.497 e. The highest BCUT2D eigenvalue weighted by Crippen LogP contribution is 2.21. The van der Waals surface area contributed by atoms with Gasteiger partial charge in [-0.1, -0.05) is 24.3 Å². The molecule has 2 N–H and O–H groups in total. The second-order valence-electron chi connectivity index (χ2n) is 5.13. The van der Waals surface area contributed by atoms with Crippen LogP contribution >= 0.6 is 0 Å². The van der Waals surface area contributed by atoms with Gasteiger partial charge in [0.15, 0.2) is 0 Å². The van der Waals surface area contributed by atoms with Crippen LogP contribution in [0.3, 0.4) is 0 Å². The summed E-state index contributed by atoms with van der Waals surface area (Å²) < 4.78 is 7.33. The van der Waals surface area contributed by atoms with E-state index in [4.69, 9.17) is 10.5 Å². The Morgan fingerprint density at radius 3 is 2.32 bits per heavy atom. The maximum Gasteiger partial charge on any atom is 0.140 e. The van der Waals surface area contributed by atoms with E-state index in [2.05, 4.69) is 33.8 Å². The van der Waals surface area contributed by atoms with Gasteiger partial charge in [0.1, 0.15) is 11.6 Å². The Hall–Kier alpha value is -2.59. The summed E-state index contributed by atoms with van der Waals surface area (Å²) in [6.45, 7) is 1.36. The summed E-state index contributed by atoms with van der Waals surface area (Å²) in [7, 11) is 1.67. The summed E-state index contributed by atoms with van der Waals surface area (Å²) in [4.78, 5) is 4.47. The van der Waals surface area contributed by atoms with Crippen molar-refractivity contribution in [3.05, 3.63) is 72.1 Å². The van der Waals surface area contributed by atoms with E-state index in [9.17, 15) is 0 Å². The molecule has 0 bridgehead atoms. The Morgan fingerprint density at radius 1 is 1.00 bits per heavy atom. The van der Waals surface area contributed by atoms with Crippen LogP contribution in [0.15, 0.2) is 60.9 Å². The average Bonchev–Trinajstić information content (AvgIpc) is 3.04. The van der Waals surface area contributed by atoms with Gasteiger partial charge in [0, 0.05) is 31.0 Å². The van der Waals surface area contributed by atoms with Crippen molar-refractivity contribution in [1.29, 1.82) is 0 Å². The first-order valence-electron chi connectivity index (χ1n) is 7.23. The molecule has 0 amide bonds. The van der Waals surface area contributed by atoms with Crippen LogP contribution in [0.25, 0.3) is 11.4 Å². The molecule has 3 rings (SSSR count). The van der Waals surface area contributed by atoms with Crippen molar-refractivity contribution < 1.29 is 4.74 Å². The molecule has 0 unspecified atom stereocenters. The van der Waals surface area contributed by atoms with E-state index in [1.54, 1.807) is 7.11 Å². The number of ether oxygens (including phenoxy) is 1. The zero-order valence-electron chi connectivity index (χ0n) is 12.6. The summed E-state index contributed by atoms with van der Waals surface area (Å²) in [6, 6.07) is 16.3. The molecule has 112 valence electrons. The van der Waals surface area contributed by atoms with E-state index >= 15 is 0 Å². The van der Waals surface area contributed by atoms with Crippen molar-refractivity contribution in [2.75, 3.05) is 7.11 Å². The number of methoxy groups -OCH3 is 1. The van der Waals surface area contributed by atoms with Crippen LogP contribution < -0.4 is 10.5 Å². The predicted octanol–water partition coefficient (Wildman–Crippen LogP) is 3.07. The standard InChI is InChI=1S/C18H19N3O/c1-22-17-8-6-16(7-9-17)18-20-10-11-21(18)13-15-4-2-14(12-19)3-5-15/h2-11H,12-13,19H2,1H3. The van der Waals surface area contributed by atoms with Gasteiger partial charge >= 0.3 is 0 Å². The second kappa shape index (κ2) is 6.45. The van der Waals surface area contributed by atoms with Gasteiger partial charge in [-0.3, -0.25) is 0 Å². The third kappa shape index (κ3) is 3.02.